The normalized spacial score (nSPS) is 13.6. The topological polar surface area (TPSA) is 121 Å². The molecule has 3 heterocycles. The molecule has 1 aliphatic carbocycles. The number of aromatic carboxylic acids is 1. The molecule has 10 nitrogen and oxygen atoms in total. The van der Waals surface area contributed by atoms with Crippen LogP contribution in [0, 0.1) is 0 Å². The number of nitrogens with zero attached hydrogens (tertiary/aromatic N) is 5. The Kier molecular flexibility index (Phi) is 3.94. The number of carboxylic acids is 1. The van der Waals surface area contributed by atoms with Gasteiger partial charge >= 0.3 is 5.97 Å². The summed E-state index contributed by atoms with van der Waals surface area (Å²) < 4.78 is 2.98. The molecule has 0 aromatic carbocycles. The lowest BCUT2D eigenvalue weighted by Gasteiger charge is -2.11. The van der Waals surface area contributed by atoms with Gasteiger partial charge in [0.15, 0.2) is 17.2 Å². The van der Waals surface area contributed by atoms with E-state index in [1.807, 2.05) is 0 Å². The van der Waals surface area contributed by atoms with Gasteiger partial charge in [-0.2, -0.15) is 5.10 Å². The van der Waals surface area contributed by atoms with Crippen LogP contribution in [0.2, 0.25) is 0 Å². The van der Waals surface area contributed by atoms with Gasteiger partial charge in [-0.15, -0.1) is 5.10 Å². The van der Waals surface area contributed by atoms with Crippen molar-refractivity contribution in [2.24, 2.45) is 7.05 Å². The molecule has 1 aliphatic rings. The number of aromatic nitrogens is 5. The van der Waals surface area contributed by atoms with Gasteiger partial charge in [-0.05, 0) is 12.8 Å². The van der Waals surface area contributed by atoms with Crippen LogP contribution < -0.4 is 16.0 Å². The van der Waals surface area contributed by atoms with E-state index in [0.29, 0.717) is 23.2 Å². The number of imidazole rings is 1. The van der Waals surface area contributed by atoms with E-state index in [4.69, 9.17) is 0 Å². The molecule has 3 aromatic heterocycles. The average Bonchev–Trinajstić information content (AvgIpc) is 3.21. The summed E-state index contributed by atoms with van der Waals surface area (Å²) in [6.45, 7) is 4.09. The monoisotopic (exact) mass is 368 g/mol. The fourth-order valence-electron chi connectivity index (χ4n) is 2.89. The van der Waals surface area contributed by atoms with Crippen molar-refractivity contribution in [2.45, 2.75) is 18.9 Å². The summed E-state index contributed by atoms with van der Waals surface area (Å²) in [4.78, 5) is 15.9. The zero-order valence-electron chi connectivity index (χ0n) is 15.0. The van der Waals surface area contributed by atoms with Crippen LogP contribution in [0.15, 0.2) is 25.0 Å². The Morgan fingerprint density at radius 1 is 1.33 bits per heavy atom. The minimum atomic E-state index is -1.07. The SMILES string of the molecule is C=C(NC1CC1)c1cnc2c(NC)cc(Nc3cnn(C)c3C(=O)O)nn12. The van der Waals surface area contributed by atoms with Gasteiger partial charge in [-0.3, -0.25) is 4.68 Å². The Morgan fingerprint density at radius 2 is 2.11 bits per heavy atom. The van der Waals surface area contributed by atoms with Crippen molar-refractivity contribution in [3.8, 4) is 0 Å². The molecule has 0 spiro atoms. The standard InChI is InChI=1S/C17H20N8O2/c1-9(21-10-4-5-10)13-8-19-16-11(18-2)6-14(23-25(13)16)22-12-7-20-24(3)15(12)17(26)27/h6-8,10,18,21H,1,4-5H2,2-3H3,(H,22,23)(H,26,27). The summed E-state index contributed by atoms with van der Waals surface area (Å²) in [7, 11) is 3.36. The number of nitrogens with one attached hydrogen (secondary N) is 3. The van der Waals surface area contributed by atoms with Gasteiger partial charge in [-0.1, -0.05) is 6.58 Å². The van der Waals surface area contributed by atoms with Gasteiger partial charge in [0.05, 0.1) is 29.5 Å². The third kappa shape index (κ3) is 3.05. The highest BCUT2D eigenvalue weighted by Crippen LogP contribution is 2.27. The maximum atomic E-state index is 11.5. The highest BCUT2D eigenvalue weighted by molar-refractivity contribution is 5.93. The lowest BCUT2D eigenvalue weighted by molar-refractivity contribution is 0.0686. The number of carboxylic acid groups (broad SMARTS) is 1. The van der Waals surface area contributed by atoms with Gasteiger partial charge < -0.3 is 21.1 Å². The fraction of sp³-hybridized carbons (Fsp3) is 0.294. The first-order valence-electron chi connectivity index (χ1n) is 8.52. The average molecular weight is 368 g/mol. The van der Waals surface area contributed by atoms with Crippen molar-refractivity contribution in [1.29, 1.82) is 0 Å². The maximum Gasteiger partial charge on any atom is 0.356 e. The minimum Gasteiger partial charge on any atom is -0.476 e. The van der Waals surface area contributed by atoms with Gasteiger partial charge in [0.25, 0.3) is 0 Å². The second-order valence-electron chi connectivity index (χ2n) is 6.43. The number of rotatable bonds is 7. The first-order chi connectivity index (χ1) is 13.0. The molecule has 1 fully saturated rings. The van der Waals surface area contributed by atoms with E-state index in [1.165, 1.54) is 10.9 Å². The smallest absolute Gasteiger partial charge is 0.356 e. The summed E-state index contributed by atoms with van der Waals surface area (Å²) in [5.74, 6) is -0.612. The number of anilines is 3. The van der Waals surface area contributed by atoms with Crippen LogP contribution in [-0.4, -0.2) is 48.5 Å². The van der Waals surface area contributed by atoms with Crippen molar-refractivity contribution in [1.82, 2.24) is 29.7 Å². The zero-order chi connectivity index (χ0) is 19.1. The minimum absolute atomic E-state index is 0.0496. The van der Waals surface area contributed by atoms with Crippen LogP contribution in [0.1, 0.15) is 29.0 Å². The summed E-state index contributed by atoms with van der Waals surface area (Å²) in [5, 5.41) is 27.4. The Hall–Kier alpha value is -3.56. The first-order valence-corrected chi connectivity index (χ1v) is 8.52. The molecule has 140 valence electrons. The van der Waals surface area contributed by atoms with Gasteiger partial charge in [-0.25, -0.2) is 14.3 Å². The number of aryl methyl sites for hydroxylation is 1. The van der Waals surface area contributed by atoms with Crippen LogP contribution in [0.25, 0.3) is 11.3 Å². The molecule has 0 unspecified atom stereocenters. The second-order valence-corrected chi connectivity index (χ2v) is 6.43. The van der Waals surface area contributed by atoms with Gasteiger partial charge in [0.2, 0.25) is 0 Å². The van der Waals surface area contributed by atoms with E-state index in [2.05, 4.69) is 37.7 Å². The Labute approximate surface area is 154 Å². The highest BCUT2D eigenvalue weighted by atomic mass is 16.4. The molecule has 0 atom stereocenters. The van der Waals surface area contributed by atoms with Crippen LogP contribution in [0.5, 0.6) is 0 Å². The first kappa shape index (κ1) is 16.9. The number of fused-ring (bicyclic) bond motifs is 1. The molecule has 3 aromatic rings. The van der Waals surface area contributed by atoms with Crippen molar-refractivity contribution in [2.75, 3.05) is 17.7 Å². The lowest BCUT2D eigenvalue weighted by Crippen LogP contribution is -2.15. The highest BCUT2D eigenvalue weighted by Gasteiger charge is 2.23. The van der Waals surface area contributed by atoms with Crippen LogP contribution in [-0.2, 0) is 7.05 Å². The summed E-state index contributed by atoms with van der Waals surface area (Å²) in [6, 6.07) is 2.23. The van der Waals surface area contributed by atoms with Crippen molar-refractivity contribution in [3.63, 3.8) is 0 Å². The van der Waals surface area contributed by atoms with Crippen LogP contribution in [0.3, 0.4) is 0 Å². The Morgan fingerprint density at radius 3 is 2.78 bits per heavy atom. The van der Waals surface area contributed by atoms with E-state index >= 15 is 0 Å². The quantitative estimate of drug-likeness (QED) is 0.497. The Balaban J connectivity index is 1.75. The molecule has 4 rings (SSSR count). The third-order valence-corrected chi connectivity index (χ3v) is 4.41. The van der Waals surface area contributed by atoms with Crippen molar-refractivity contribution >= 4 is 34.5 Å². The van der Waals surface area contributed by atoms with E-state index in [9.17, 15) is 9.90 Å². The number of hydrogen-bond donors (Lipinski definition) is 4. The Bertz CT molecular complexity index is 1050. The van der Waals surface area contributed by atoms with E-state index in [0.717, 1.165) is 29.9 Å². The van der Waals surface area contributed by atoms with E-state index in [-0.39, 0.29) is 5.69 Å². The summed E-state index contributed by atoms with van der Waals surface area (Å²) >= 11 is 0. The zero-order valence-corrected chi connectivity index (χ0v) is 15.0. The molecule has 0 aliphatic heterocycles. The molecule has 0 radical (unpaired) electrons. The predicted molar refractivity (Wildman–Crippen MR) is 101 cm³/mol. The fourth-order valence-corrected chi connectivity index (χ4v) is 2.89. The number of hydrogen-bond acceptors (Lipinski definition) is 7. The van der Waals surface area contributed by atoms with Gasteiger partial charge in [0, 0.05) is 26.2 Å². The van der Waals surface area contributed by atoms with E-state index < -0.39 is 5.97 Å². The molecule has 0 saturated heterocycles. The molecule has 4 N–H and O–H groups in total. The summed E-state index contributed by atoms with van der Waals surface area (Å²) in [5.41, 5.74) is 3.32. The maximum absolute atomic E-state index is 11.5. The largest absolute Gasteiger partial charge is 0.476 e. The molecule has 0 amide bonds. The molecule has 0 bridgehead atoms. The molecule has 1 saturated carbocycles. The van der Waals surface area contributed by atoms with Crippen molar-refractivity contribution < 1.29 is 9.90 Å². The number of carbonyl (C=O) groups is 1. The van der Waals surface area contributed by atoms with Crippen molar-refractivity contribution in [3.05, 3.63) is 36.4 Å². The van der Waals surface area contributed by atoms with E-state index in [1.54, 1.807) is 30.9 Å². The lowest BCUT2D eigenvalue weighted by atomic mass is 10.3. The third-order valence-electron chi connectivity index (χ3n) is 4.41. The van der Waals surface area contributed by atoms with Crippen LogP contribution >= 0.6 is 0 Å². The molecule has 27 heavy (non-hydrogen) atoms. The van der Waals surface area contributed by atoms with Crippen LogP contribution in [0.4, 0.5) is 17.2 Å². The second kappa shape index (κ2) is 6.31. The van der Waals surface area contributed by atoms with Gasteiger partial charge in [0.1, 0.15) is 5.69 Å². The molecular weight excluding hydrogens is 348 g/mol. The summed E-state index contributed by atoms with van der Waals surface area (Å²) in [6.07, 6.45) is 5.45. The predicted octanol–water partition coefficient (Wildman–Crippen LogP) is 1.67. The molecule has 10 heteroatoms. The molecular formula is C17H20N8O2.